The molecule has 0 unspecified atom stereocenters. The summed E-state index contributed by atoms with van der Waals surface area (Å²) in [6.45, 7) is 3.86. The molecule has 0 aliphatic rings. The zero-order valence-electron chi connectivity index (χ0n) is 11.4. The number of nitro groups is 1. The number of aromatic amines is 1. The van der Waals surface area contributed by atoms with Crippen molar-refractivity contribution in [2.45, 2.75) is 20.4 Å². The van der Waals surface area contributed by atoms with E-state index in [9.17, 15) is 14.9 Å². The Labute approximate surface area is 128 Å². The first-order valence-electron chi connectivity index (χ1n) is 6.07. The van der Waals surface area contributed by atoms with Crippen molar-refractivity contribution in [3.05, 3.63) is 37.9 Å². The second-order valence-corrected chi connectivity index (χ2v) is 5.20. The summed E-state index contributed by atoms with van der Waals surface area (Å²) in [5, 5.41) is 24.0. The minimum absolute atomic E-state index is 0.0117. The Morgan fingerprint density at radius 1 is 1.57 bits per heavy atom. The molecule has 10 heteroatoms. The highest BCUT2D eigenvalue weighted by atomic mass is 79.9. The summed E-state index contributed by atoms with van der Waals surface area (Å²) in [6, 6.07) is 0. The monoisotopic (exact) mass is 356 g/mol. The van der Waals surface area contributed by atoms with Gasteiger partial charge >= 0.3 is 5.69 Å². The third-order valence-corrected chi connectivity index (χ3v) is 3.56. The Balaban J connectivity index is 1.98. The zero-order valence-corrected chi connectivity index (χ0v) is 13.0. The molecule has 0 aliphatic heterocycles. The molecule has 21 heavy (non-hydrogen) atoms. The number of amides is 1. The molecule has 0 radical (unpaired) electrons. The Morgan fingerprint density at radius 3 is 2.81 bits per heavy atom. The van der Waals surface area contributed by atoms with Gasteiger partial charge in [-0.25, -0.2) is 0 Å². The number of hydrogen-bond donors (Lipinski definition) is 2. The minimum Gasteiger partial charge on any atom is -0.349 e. The smallest absolute Gasteiger partial charge is 0.312 e. The lowest BCUT2D eigenvalue weighted by Crippen LogP contribution is -2.28. The van der Waals surface area contributed by atoms with Crippen LogP contribution in [0.15, 0.2) is 10.7 Å². The van der Waals surface area contributed by atoms with Gasteiger partial charge in [0.15, 0.2) is 0 Å². The number of carbonyl (C=O) groups excluding carboxylic acids is 1. The van der Waals surface area contributed by atoms with Gasteiger partial charge in [0.1, 0.15) is 17.1 Å². The fourth-order valence-electron chi connectivity index (χ4n) is 1.96. The first-order chi connectivity index (χ1) is 9.91. The van der Waals surface area contributed by atoms with Crippen LogP contribution in [0.1, 0.15) is 21.9 Å². The van der Waals surface area contributed by atoms with E-state index in [1.807, 2.05) is 0 Å². The predicted octanol–water partition coefficient (Wildman–Crippen LogP) is 1.32. The summed E-state index contributed by atoms with van der Waals surface area (Å²) in [7, 11) is 0. The molecule has 0 bridgehead atoms. The van der Waals surface area contributed by atoms with Crippen LogP contribution in [0.2, 0.25) is 0 Å². The van der Waals surface area contributed by atoms with Gasteiger partial charge in [-0.3, -0.25) is 24.7 Å². The molecule has 2 heterocycles. The maximum atomic E-state index is 11.8. The van der Waals surface area contributed by atoms with Gasteiger partial charge < -0.3 is 5.32 Å². The van der Waals surface area contributed by atoms with Crippen molar-refractivity contribution in [1.82, 2.24) is 25.3 Å². The van der Waals surface area contributed by atoms with E-state index in [2.05, 4.69) is 36.5 Å². The normalized spacial score (nSPS) is 10.6. The average molecular weight is 357 g/mol. The van der Waals surface area contributed by atoms with Crippen molar-refractivity contribution < 1.29 is 9.72 Å². The highest BCUT2D eigenvalue weighted by Gasteiger charge is 2.21. The van der Waals surface area contributed by atoms with E-state index >= 15 is 0 Å². The molecule has 0 aromatic carbocycles. The van der Waals surface area contributed by atoms with Crippen LogP contribution in [0, 0.1) is 24.0 Å². The lowest BCUT2D eigenvalue weighted by molar-refractivity contribution is -0.386. The summed E-state index contributed by atoms with van der Waals surface area (Å²) in [5.41, 5.74) is 1.17. The fraction of sp³-hybridized carbons (Fsp3) is 0.364. The van der Waals surface area contributed by atoms with Crippen LogP contribution in [0.5, 0.6) is 0 Å². The Hall–Kier alpha value is -2.23. The lowest BCUT2D eigenvalue weighted by Gasteiger charge is -2.05. The first-order valence-corrected chi connectivity index (χ1v) is 6.86. The largest absolute Gasteiger partial charge is 0.349 e. The van der Waals surface area contributed by atoms with Crippen LogP contribution in [0.3, 0.4) is 0 Å². The predicted molar refractivity (Wildman–Crippen MR) is 77.0 cm³/mol. The average Bonchev–Trinajstić information content (AvgIpc) is 2.94. The second kappa shape index (κ2) is 6.04. The van der Waals surface area contributed by atoms with E-state index in [1.165, 1.54) is 10.9 Å². The number of nitrogens with zero attached hydrogens (tertiary/aromatic N) is 4. The van der Waals surface area contributed by atoms with E-state index < -0.39 is 4.92 Å². The molecule has 2 N–H and O–H groups in total. The van der Waals surface area contributed by atoms with Gasteiger partial charge in [-0.1, -0.05) is 0 Å². The number of rotatable bonds is 5. The van der Waals surface area contributed by atoms with Gasteiger partial charge in [0.05, 0.1) is 22.1 Å². The third kappa shape index (κ3) is 3.10. The van der Waals surface area contributed by atoms with Gasteiger partial charge in [-0.2, -0.15) is 10.2 Å². The molecule has 0 fully saturated rings. The summed E-state index contributed by atoms with van der Waals surface area (Å²) < 4.78 is 2.08. The maximum Gasteiger partial charge on any atom is 0.312 e. The van der Waals surface area contributed by atoms with Crippen LogP contribution in [-0.4, -0.2) is 37.4 Å². The molecule has 0 saturated carbocycles. The van der Waals surface area contributed by atoms with E-state index in [4.69, 9.17) is 0 Å². The van der Waals surface area contributed by atoms with Gasteiger partial charge in [0, 0.05) is 6.54 Å². The van der Waals surface area contributed by atoms with E-state index in [1.54, 1.807) is 13.8 Å². The van der Waals surface area contributed by atoms with Crippen molar-refractivity contribution in [3.8, 4) is 0 Å². The zero-order chi connectivity index (χ0) is 15.6. The van der Waals surface area contributed by atoms with Crippen molar-refractivity contribution >= 4 is 27.5 Å². The van der Waals surface area contributed by atoms with Crippen LogP contribution in [0.25, 0.3) is 0 Å². The number of H-pyrrole nitrogens is 1. The number of aryl methyl sites for hydroxylation is 1. The molecule has 2 aromatic heterocycles. The molecule has 112 valence electrons. The minimum atomic E-state index is -0.450. The van der Waals surface area contributed by atoms with E-state index in [0.29, 0.717) is 34.6 Å². The van der Waals surface area contributed by atoms with Crippen LogP contribution < -0.4 is 5.32 Å². The van der Waals surface area contributed by atoms with Gasteiger partial charge in [-0.05, 0) is 29.8 Å². The van der Waals surface area contributed by atoms with Gasteiger partial charge in [0.2, 0.25) is 0 Å². The third-order valence-electron chi connectivity index (χ3n) is 2.96. The van der Waals surface area contributed by atoms with Crippen molar-refractivity contribution in [1.29, 1.82) is 0 Å². The number of halogens is 1. The molecule has 0 aliphatic carbocycles. The number of nitrogens with one attached hydrogen (secondary N) is 2. The first kappa shape index (κ1) is 15.2. The van der Waals surface area contributed by atoms with Crippen molar-refractivity contribution in [3.63, 3.8) is 0 Å². The van der Waals surface area contributed by atoms with Crippen molar-refractivity contribution in [2.75, 3.05) is 6.54 Å². The van der Waals surface area contributed by atoms with E-state index in [-0.39, 0.29) is 11.6 Å². The molecule has 0 spiro atoms. The number of carbonyl (C=O) groups is 1. The molecule has 9 nitrogen and oxygen atoms in total. The topological polar surface area (TPSA) is 119 Å². The molecule has 2 aromatic rings. The van der Waals surface area contributed by atoms with Crippen LogP contribution >= 0.6 is 15.9 Å². The number of hydrogen-bond acceptors (Lipinski definition) is 5. The van der Waals surface area contributed by atoms with Crippen LogP contribution in [0.4, 0.5) is 5.69 Å². The fourth-order valence-corrected chi connectivity index (χ4v) is 2.33. The summed E-state index contributed by atoms with van der Waals surface area (Å²) >= 11 is 3.20. The molecule has 0 saturated heterocycles. The highest BCUT2D eigenvalue weighted by molar-refractivity contribution is 9.10. The molecule has 2 rings (SSSR count). The van der Waals surface area contributed by atoms with Crippen LogP contribution in [-0.2, 0) is 6.54 Å². The quantitative estimate of drug-likeness (QED) is 0.618. The standard InChI is InChI=1S/C11H13BrN6O3/c1-6-10(18(20)21)7(2)17(16-6)4-3-13-11(19)9-8(12)5-14-15-9/h5H,3-4H2,1-2H3,(H,13,19)(H,14,15). The SMILES string of the molecule is Cc1nn(CCNC(=O)c2[nH]ncc2Br)c(C)c1[N+](=O)[O-]. The Bertz CT molecular complexity index is 692. The summed E-state index contributed by atoms with van der Waals surface area (Å²) in [6.07, 6.45) is 1.49. The van der Waals surface area contributed by atoms with E-state index in [0.717, 1.165) is 0 Å². The lowest BCUT2D eigenvalue weighted by atomic mass is 10.3. The molecular weight excluding hydrogens is 344 g/mol. The van der Waals surface area contributed by atoms with Crippen molar-refractivity contribution in [2.24, 2.45) is 0 Å². The molecule has 0 atom stereocenters. The molecular formula is C11H13BrN6O3. The van der Waals surface area contributed by atoms with Gasteiger partial charge in [0.25, 0.3) is 5.91 Å². The Kier molecular flexibility index (Phi) is 4.36. The maximum absolute atomic E-state index is 11.8. The highest BCUT2D eigenvalue weighted by Crippen LogP contribution is 2.21. The Morgan fingerprint density at radius 2 is 2.29 bits per heavy atom. The summed E-state index contributed by atoms with van der Waals surface area (Å²) in [5.74, 6) is -0.310. The second-order valence-electron chi connectivity index (χ2n) is 4.35. The summed E-state index contributed by atoms with van der Waals surface area (Å²) in [4.78, 5) is 22.3. The number of aromatic nitrogens is 4. The van der Waals surface area contributed by atoms with Gasteiger partial charge in [-0.15, -0.1) is 0 Å². The molecule has 1 amide bonds.